The van der Waals surface area contributed by atoms with E-state index in [-0.39, 0.29) is 0 Å². The molecule has 116 valence electrons. The topological polar surface area (TPSA) is 18.5 Å². The summed E-state index contributed by atoms with van der Waals surface area (Å²) in [6, 6.07) is 10.4. The second-order valence-corrected chi connectivity index (χ2v) is 6.85. The fourth-order valence-corrected chi connectivity index (χ4v) is 3.17. The van der Waals surface area contributed by atoms with Gasteiger partial charge in [-0.1, -0.05) is 38.1 Å². The number of hydrogen-bond acceptors (Lipinski definition) is 3. The molecule has 0 bridgehead atoms. The van der Waals surface area contributed by atoms with E-state index in [1.165, 1.54) is 50.1 Å². The van der Waals surface area contributed by atoms with Gasteiger partial charge in [-0.3, -0.25) is 9.80 Å². The van der Waals surface area contributed by atoms with E-state index in [9.17, 15) is 0 Å². The molecule has 0 amide bonds. The van der Waals surface area contributed by atoms with E-state index in [2.05, 4.69) is 53.2 Å². The molecule has 1 aromatic carbocycles. The molecule has 0 aromatic heterocycles. The van der Waals surface area contributed by atoms with Gasteiger partial charge in [0.2, 0.25) is 0 Å². The minimum atomic E-state index is 0.542. The Bertz CT molecular complexity index is 446. The maximum Gasteiger partial charge on any atom is 0.0238 e. The number of piperazine rings is 1. The van der Waals surface area contributed by atoms with Crippen molar-refractivity contribution in [1.29, 1.82) is 0 Å². The van der Waals surface area contributed by atoms with Gasteiger partial charge in [0, 0.05) is 51.4 Å². The van der Waals surface area contributed by atoms with Crippen LogP contribution in [0.3, 0.4) is 0 Å². The molecule has 1 aliphatic carbocycles. The van der Waals surface area contributed by atoms with Gasteiger partial charge in [-0.2, -0.15) is 0 Å². The molecular weight excluding hydrogens is 258 g/mol. The third kappa shape index (κ3) is 4.29. The van der Waals surface area contributed by atoms with Crippen molar-refractivity contribution in [2.45, 2.75) is 51.9 Å². The molecule has 0 spiro atoms. The van der Waals surface area contributed by atoms with Crippen LogP contribution in [-0.2, 0) is 13.1 Å². The van der Waals surface area contributed by atoms with Crippen LogP contribution in [0.1, 0.15) is 37.8 Å². The van der Waals surface area contributed by atoms with Gasteiger partial charge in [0.25, 0.3) is 0 Å². The van der Waals surface area contributed by atoms with Crippen LogP contribution in [0, 0.1) is 0 Å². The second kappa shape index (κ2) is 6.91. The lowest BCUT2D eigenvalue weighted by atomic mass is 10.1. The monoisotopic (exact) mass is 287 g/mol. The Kier molecular flexibility index (Phi) is 4.94. The predicted octanol–water partition coefficient (Wildman–Crippen LogP) is 2.46. The van der Waals surface area contributed by atoms with E-state index >= 15 is 0 Å². The minimum absolute atomic E-state index is 0.542. The highest BCUT2D eigenvalue weighted by molar-refractivity contribution is 5.27. The van der Waals surface area contributed by atoms with Gasteiger partial charge < -0.3 is 5.32 Å². The van der Waals surface area contributed by atoms with Crippen LogP contribution in [0.4, 0.5) is 0 Å². The fourth-order valence-electron chi connectivity index (χ4n) is 3.17. The molecule has 1 N–H and O–H groups in total. The van der Waals surface area contributed by atoms with Crippen molar-refractivity contribution < 1.29 is 0 Å². The molecule has 21 heavy (non-hydrogen) atoms. The van der Waals surface area contributed by atoms with Gasteiger partial charge >= 0.3 is 0 Å². The predicted molar refractivity (Wildman–Crippen MR) is 88.3 cm³/mol. The molecule has 2 aliphatic rings. The van der Waals surface area contributed by atoms with Crippen molar-refractivity contribution in [3.63, 3.8) is 0 Å². The molecule has 1 saturated carbocycles. The van der Waals surface area contributed by atoms with E-state index in [1.807, 2.05) is 0 Å². The van der Waals surface area contributed by atoms with Gasteiger partial charge in [-0.15, -0.1) is 0 Å². The zero-order valence-electron chi connectivity index (χ0n) is 13.5. The summed E-state index contributed by atoms with van der Waals surface area (Å²) >= 11 is 0. The van der Waals surface area contributed by atoms with Crippen LogP contribution in [0.25, 0.3) is 0 Å². The molecule has 1 aliphatic heterocycles. The summed E-state index contributed by atoms with van der Waals surface area (Å²) in [7, 11) is 0. The van der Waals surface area contributed by atoms with Gasteiger partial charge in [-0.25, -0.2) is 0 Å². The minimum Gasteiger partial charge on any atom is -0.310 e. The molecule has 0 atom stereocenters. The largest absolute Gasteiger partial charge is 0.310 e. The summed E-state index contributed by atoms with van der Waals surface area (Å²) in [5.74, 6) is 0. The summed E-state index contributed by atoms with van der Waals surface area (Å²) in [5.41, 5.74) is 2.95. The number of hydrogen-bond donors (Lipinski definition) is 1. The zero-order chi connectivity index (χ0) is 14.7. The van der Waals surface area contributed by atoms with Crippen LogP contribution in [0.15, 0.2) is 24.3 Å². The van der Waals surface area contributed by atoms with Crippen molar-refractivity contribution in [1.82, 2.24) is 15.1 Å². The molecular formula is C18H29N3. The first-order valence-corrected chi connectivity index (χ1v) is 8.49. The van der Waals surface area contributed by atoms with E-state index in [0.717, 1.165) is 19.1 Å². The summed E-state index contributed by atoms with van der Waals surface area (Å²) in [6.07, 6.45) is 2.87. The molecule has 2 fully saturated rings. The Morgan fingerprint density at radius 2 is 1.71 bits per heavy atom. The highest BCUT2D eigenvalue weighted by Crippen LogP contribution is 2.27. The van der Waals surface area contributed by atoms with Crippen LogP contribution in [-0.4, -0.2) is 48.1 Å². The van der Waals surface area contributed by atoms with Crippen LogP contribution in [0.5, 0.6) is 0 Å². The third-order valence-electron chi connectivity index (χ3n) is 4.68. The van der Waals surface area contributed by atoms with Gasteiger partial charge in [0.1, 0.15) is 0 Å². The first-order valence-electron chi connectivity index (χ1n) is 8.49. The number of nitrogens with zero attached hydrogens (tertiary/aromatic N) is 2. The van der Waals surface area contributed by atoms with Crippen molar-refractivity contribution in [2.75, 3.05) is 26.2 Å². The first kappa shape index (κ1) is 15.0. The zero-order valence-corrected chi connectivity index (χ0v) is 13.5. The van der Waals surface area contributed by atoms with Crippen LogP contribution in [0.2, 0.25) is 0 Å². The highest BCUT2D eigenvalue weighted by atomic mass is 15.3. The van der Waals surface area contributed by atoms with E-state index < -0.39 is 0 Å². The van der Waals surface area contributed by atoms with Crippen molar-refractivity contribution in [3.8, 4) is 0 Å². The average Bonchev–Trinajstić information content (AvgIpc) is 3.32. The molecule has 3 rings (SSSR count). The molecule has 1 aromatic rings. The van der Waals surface area contributed by atoms with Crippen molar-refractivity contribution in [3.05, 3.63) is 35.4 Å². The Hall–Kier alpha value is -0.900. The Morgan fingerprint density at radius 3 is 2.33 bits per heavy atom. The SMILES string of the molecule is CC(C)NCc1ccccc1CN1CCN(C2CC2)CC1. The van der Waals surface area contributed by atoms with Crippen LogP contribution >= 0.6 is 0 Å². The van der Waals surface area contributed by atoms with E-state index in [0.29, 0.717) is 6.04 Å². The quantitative estimate of drug-likeness (QED) is 0.867. The molecule has 1 heterocycles. The molecule has 0 unspecified atom stereocenters. The average molecular weight is 287 g/mol. The van der Waals surface area contributed by atoms with E-state index in [4.69, 9.17) is 0 Å². The van der Waals surface area contributed by atoms with Gasteiger partial charge in [0.05, 0.1) is 0 Å². The lowest BCUT2D eigenvalue weighted by Crippen LogP contribution is -2.46. The lowest BCUT2D eigenvalue weighted by molar-refractivity contribution is 0.121. The van der Waals surface area contributed by atoms with Gasteiger partial charge in [0.15, 0.2) is 0 Å². The molecule has 1 saturated heterocycles. The van der Waals surface area contributed by atoms with Gasteiger partial charge in [-0.05, 0) is 24.0 Å². The maximum atomic E-state index is 3.54. The number of rotatable bonds is 6. The van der Waals surface area contributed by atoms with Crippen molar-refractivity contribution >= 4 is 0 Å². The third-order valence-corrected chi connectivity index (χ3v) is 4.68. The Morgan fingerprint density at radius 1 is 1.05 bits per heavy atom. The van der Waals surface area contributed by atoms with Crippen molar-refractivity contribution in [2.24, 2.45) is 0 Å². The summed E-state index contributed by atoms with van der Waals surface area (Å²) in [5, 5.41) is 3.54. The Balaban J connectivity index is 1.54. The smallest absolute Gasteiger partial charge is 0.0238 e. The summed E-state index contributed by atoms with van der Waals surface area (Å²) in [6.45, 7) is 11.5. The lowest BCUT2D eigenvalue weighted by Gasteiger charge is -2.35. The summed E-state index contributed by atoms with van der Waals surface area (Å²) in [4.78, 5) is 5.30. The normalized spacial score (nSPS) is 21.1. The van der Waals surface area contributed by atoms with E-state index in [1.54, 1.807) is 0 Å². The number of benzene rings is 1. The second-order valence-electron chi connectivity index (χ2n) is 6.85. The molecule has 3 heteroatoms. The molecule has 0 radical (unpaired) electrons. The standard InChI is InChI=1S/C18H29N3/c1-15(2)19-13-16-5-3-4-6-17(16)14-20-9-11-21(12-10-20)18-7-8-18/h3-6,15,18-19H,7-14H2,1-2H3. The summed E-state index contributed by atoms with van der Waals surface area (Å²) < 4.78 is 0. The first-order chi connectivity index (χ1) is 10.2. The highest BCUT2D eigenvalue weighted by Gasteiger charge is 2.31. The van der Waals surface area contributed by atoms with Crippen LogP contribution < -0.4 is 5.32 Å². The fraction of sp³-hybridized carbons (Fsp3) is 0.667. The maximum absolute atomic E-state index is 3.54. The molecule has 3 nitrogen and oxygen atoms in total. The number of nitrogens with one attached hydrogen (secondary N) is 1. The Labute approximate surface area is 129 Å².